The van der Waals surface area contributed by atoms with Gasteiger partial charge in [0.1, 0.15) is 0 Å². The largest absolute Gasteiger partial charge is 0.346 e. The maximum absolute atomic E-state index is 12.9. The Hall–Kier alpha value is -2.72. The molecule has 32 heavy (non-hydrogen) atoms. The lowest BCUT2D eigenvalue weighted by molar-refractivity contribution is -0.119. The first-order chi connectivity index (χ1) is 15.4. The van der Waals surface area contributed by atoms with Gasteiger partial charge in [-0.1, -0.05) is 0 Å². The lowest BCUT2D eigenvalue weighted by Gasteiger charge is -2.33. The minimum absolute atomic E-state index is 0.0638. The number of anilines is 1. The summed E-state index contributed by atoms with van der Waals surface area (Å²) in [5.41, 5.74) is 2.09. The van der Waals surface area contributed by atoms with E-state index in [1.165, 1.54) is 11.3 Å². The zero-order chi connectivity index (χ0) is 22.8. The summed E-state index contributed by atoms with van der Waals surface area (Å²) < 4.78 is 0.877. The number of carbonyl (C=O) groups excluding carboxylic acids is 4. The van der Waals surface area contributed by atoms with E-state index in [1.54, 1.807) is 32.9 Å². The number of amides is 4. The Morgan fingerprint density at radius 1 is 1.16 bits per heavy atom. The molecule has 0 bridgehead atoms. The van der Waals surface area contributed by atoms with E-state index in [0.717, 1.165) is 15.8 Å². The van der Waals surface area contributed by atoms with Crippen molar-refractivity contribution in [3.63, 3.8) is 0 Å². The van der Waals surface area contributed by atoms with E-state index in [4.69, 9.17) is 0 Å². The maximum atomic E-state index is 12.9. The van der Waals surface area contributed by atoms with Gasteiger partial charge in [-0.05, 0) is 58.7 Å². The van der Waals surface area contributed by atoms with E-state index in [-0.39, 0.29) is 30.2 Å². The first kappa shape index (κ1) is 22.5. The third-order valence-electron chi connectivity index (χ3n) is 5.76. The molecule has 0 saturated carbocycles. The average molecular weight is 519 g/mol. The molecule has 2 aromatic rings. The summed E-state index contributed by atoms with van der Waals surface area (Å²) in [7, 11) is 0. The Morgan fingerprint density at radius 3 is 2.53 bits per heavy atom. The quantitative estimate of drug-likeness (QED) is 0.614. The van der Waals surface area contributed by atoms with E-state index in [0.29, 0.717) is 48.9 Å². The van der Waals surface area contributed by atoms with Crippen LogP contribution in [0.3, 0.4) is 0 Å². The first-order valence-corrected chi connectivity index (χ1v) is 11.9. The Morgan fingerprint density at radius 2 is 1.91 bits per heavy atom. The van der Waals surface area contributed by atoms with Crippen molar-refractivity contribution in [1.82, 2.24) is 15.1 Å². The number of hydrogen-bond donors (Lipinski definition) is 1. The van der Waals surface area contributed by atoms with Gasteiger partial charge in [0.2, 0.25) is 12.3 Å². The molecule has 1 unspecified atom stereocenters. The van der Waals surface area contributed by atoms with E-state index in [2.05, 4.69) is 21.2 Å². The fourth-order valence-electron chi connectivity index (χ4n) is 4.00. The standard InChI is InChI=1S/C22H23BrN4O4S/c1-14-10-16(2-3-17(14)22(31)26-8-6-25(13-28)7-9-26)27-12-15(11-20(27)29)24-21(30)18-4-5-19(23)32-18/h2-5,10,13,15H,6-9,11-12H2,1H3,(H,24,30). The Balaban J connectivity index is 1.41. The van der Waals surface area contributed by atoms with Gasteiger partial charge in [-0.15, -0.1) is 11.3 Å². The number of piperazine rings is 1. The Labute approximate surface area is 198 Å². The second kappa shape index (κ2) is 9.41. The molecule has 3 heterocycles. The molecule has 8 nitrogen and oxygen atoms in total. The van der Waals surface area contributed by atoms with Gasteiger partial charge in [-0.3, -0.25) is 19.2 Å². The fraction of sp³-hybridized carbons (Fsp3) is 0.364. The monoisotopic (exact) mass is 518 g/mol. The highest BCUT2D eigenvalue weighted by molar-refractivity contribution is 9.11. The zero-order valence-corrected chi connectivity index (χ0v) is 19.9. The molecule has 2 aliphatic heterocycles. The molecule has 1 atom stereocenters. The Kier molecular flexibility index (Phi) is 6.61. The van der Waals surface area contributed by atoms with Crippen molar-refractivity contribution in [3.05, 3.63) is 50.1 Å². The molecular formula is C22H23BrN4O4S. The zero-order valence-electron chi connectivity index (χ0n) is 17.5. The maximum Gasteiger partial charge on any atom is 0.261 e. The van der Waals surface area contributed by atoms with Crippen LogP contribution in [0.2, 0.25) is 0 Å². The van der Waals surface area contributed by atoms with Gasteiger partial charge in [-0.2, -0.15) is 0 Å². The summed E-state index contributed by atoms with van der Waals surface area (Å²) in [4.78, 5) is 54.5. The molecule has 0 spiro atoms. The number of benzene rings is 1. The molecule has 4 amide bonds. The number of halogens is 1. The van der Waals surface area contributed by atoms with Crippen molar-refractivity contribution in [3.8, 4) is 0 Å². The van der Waals surface area contributed by atoms with Gasteiger partial charge in [0.25, 0.3) is 11.8 Å². The summed E-state index contributed by atoms with van der Waals surface area (Å²) in [5.74, 6) is -0.321. The van der Waals surface area contributed by atoms with Crippen LogP contribution >= 0.6 is 27.3 Å². The number of hydrogen-bond acceptors (Lipinski definition) is 5. The van der Waals surface area contributed by atoms with Gasteiger partial charge >= 0.3 is 0 Å². The lowest BCUT2D eigenvalue weighted by atomic mass is 10.1. The van der Waals surface area contributed by atoms with Crippen molar-refractivity contribution in [2.45, 2.75) is 19.4 Å². The molecule has 0 radical (unpaired) electrons. The third kappa shape index (κ3) is 4.71. The van der Waals surface area contributed by atoms with Crippen LogP contribution in [-0.4, -0.2) is 72.7 Å². The number of aryl methyl sites for hydroxylation is 1. The van der Waals surface area contributed by atoms with Gasteiger partial charge in [-0.25, -0.2) is 0 Å². The molecule has 168 valence electrons. The second-order valence-corrected chi connectivity index (χ2v) is 10.4. The predicted molar refractivity (Wildman–Crippen MR) is 125 cm³/mol. The van der Waals surface area contributed by atoms with E-state index >= 15 is 0 Å². The van der Waals surface area contributed by atoms with Crippen LogP contribution in [-0.2, 0) is 9.59 Å². The van der Waals surface area contributed by atoms with Crippen LogP contribution in [0.25, 0.3) is 0 Å². The smallest absolute Gasteiger partial charge is 0.261 e. The molecule has 1 aromatic carbocycles. The minimum Gasteiger partial charge on any atom is -0.346 e. The van der Waals surface area contributed by atoms with Crippen molar-refractivity contribution >= 4 is 57.1 Å². The third-order valence-corrected chi connectivity index (χ3v) is 7.38. The molecule has 2 aliphatic rings. The molecule has 10 heteroatoms. The van der Waals surface area contributed by atoms with Crippen LogP contribution in [0.1, 0.15) is 32.0 Å². The lowest BCUT2D eigenvalue weighted by Crippen LogP contribution is -2.48. The SMILES string of the molecule is Cc1cc(N2CC(NC(=O)c3ccc(Br)s3)CC2=O)ccc1C(=O)N1CCN(C=O)CC1. The van der Waals surface area contributed by atoms with Crippen LogP contribution in [0.15, 0.2) is 34.1 Å². The molecular weight excluding hydrogens is 496 g/mol. The van der Waals surface area contributed by atoms with Crippen molar-refractivity contribution in [2.75, 3.05) is 37.6 Å². The summed E-state index contributed by atoms with van der Waals surface area (Å²) >= 11 is 4.70. The van der Waals surface area contributed by atoms with Crippen LogP contribution in [0.4, 0.5) is 5.69 Å². The highest BCUT2D eigenvalue weighted by atomic mass is 79.9. The van der Waals surface area contributed by atoms with Crippen LogP contribution in [0, 0.1) is 6.92 Å². The average Bonchev–Trinajstić information content (AvgIpc) is 3.38. The fourth-order valence-corrected chi connectivity index (χ4v) is 5.29. The molecule has 2 fully saturated rings. The normalized spacial score (nSPS) is 18.8. The number of thiophene rings is 1. The highest BCUT2D eigenvalue weighted by Crippen LogP contribution is 2.26. The highest BCUT2D eigenvalue weighted by Gasteiger charge is 2.32. The van der Waals surface area contributed by atoms with Crippen LogP contribution < -0.4 is 10.2 Å². The first-order valence-electron chi connectivity index (χ1n) is 10.3. The van der Waals surface area contributed by atoms with Crippen LogP contribution in [0.5, 0.6) is 0 Å². The van der Waals surface area contributed by atoms with Gasteiger partial charge < -0.3 is 20.0 Å². The van der Waals surface area contributed by atoms with E-state index in [1.807, 2.05) is 19.1 Å². The molecule has 1 aromatic heterocycles. The van der Waals surface area contributed by atoms with Gasteiger partial charge in [0.15, 0.2) is 0 Å². The number of carbonyl (C=O) groups is 4. The van der Waals surface area contributed by atoms with E-state index in [9.17, 15) is 19.2 Å². The molecule has 4 rings (SSSR count). The van der Waals surface area contributed by atoms with Gasteiger partial charge in [0.05, 0.1) is 14.7 Å². The second-order valence-electron chi connectivity index (χ2n) is 7.92. The number of nitrogens with one attached hydrogen (secondary N) is 1. The van der Waals surface area contributed by atoms with Gasteiger partial charge in [0, 0.05) is 50.4 Å². The summed E-state index contributed by atoms with van der Waals surface area (Å²) in [6.07, 6.45) is 1.04. The van der Waals surface area contributed by atoms with E-state index < -0.39 is 0 Å². The number of nitrogens with zero attached hydrogens (tertiary/aromatic N) is 3. The van der Waals surface area contributed by atoms with Crippen molar-refractivity contribution in [1.29, 1.82) is 0 Å². The molecule has 2 saturated heterocycles. The molecule has 0 aliphatic carbocycles. The summed E-state index contributed by atoms with van der Waals surface area (Å²) in [6, 6.07) is 8.66. The summed E-state index contributed by atoms with van der Waals surface area (Å²) in [6.45, 7) is 4.32. The topological polar surface area (TPSA) is 90.0 Å². The number of rotatable bonds is 5. The molecule has 1 N–H and O–H groups in total. The minimum atomic E-state index is -0.272. The van der Waals surface area contributed by atoms with Crippen molar-refractivity contribution < 1.29 is 19.2 Å². The summed E-state index contributed by atoms with van der Waals surface area (Å²) in [5, 5.41) is 2.93. The predicted octanol–water partition coefficient (Wildman–Crippen LogP) is 2.27. The Bertz CT molecular complexity index is 1060. The van der Waals surface area contributed by atoms with Crippen molar-refractivity contribution in [2.24, 2.45) is 0 Å².